The monoisotopic (exact) mass is 316 g/mol. The quantitative estimate of drug-likeness (QED) is 0.898. The number of nitrogens with one attached hydrogen (secondary N) is 2. The lowest BCUT2D eigenvalue weighted by Crippen LogP contribution is -2.24. The van der Waals surface area contributed by atoms with E-state index in [-0.39, 0.29) is 17.7 Å². The van der Waals surface area contributed by atoms with Crippen molar-refractivity contribution in [3.63, 3.8) is 0 Å². The summed E-state index contributed by atoms with van der Waals surface area (Å²) in [6.07, 6.45) is -2.61. The number of halogens is 3. The van der Waals surface area contributed by atoms with Crippen LogP contribution in [0, 0.1) is 6.92 Å². The Hall–Kier alpha value is -1.92. The summed E-state index contributed by atoms with van der Waals surface area (Å²) in [7, 11) is 0. The van der Waals surface area contributed by atoms with E-state index in [0.717, 1.165) is 12.0 Å². The van der Waals surface area contributed by atoms with Crippen molar-refractivity contribution in [3.05, 3.63) is 23.8 Å². The van der Waals surface area contributed by atoms with Gasteiger partial charge in [0.2, 0.25) is 5.91 Å². The molecule has 1 fully saturated rings. The molecule has 1 aliphatic rings. The molecule has 1 amide bonds. The Labute approximate surface area is 127 Å². The Morgan fingerprint density at radius 2 is 2.14 bits per heavy atom. The molecule has 0 unspecified atom stereocenters. The molecule has 2 N–H and O–H groups in total. The normalized spacial score (nSPS) is 19.3. The summed E-state index contributed by atoms with van der Waals surface area (Å²) < 4.78 is 41.9. The van der Waals surface area contributed by atoms with Gasteiger partial charge in [0.1, 0.15) is 5.75 Å². The van der Waals surface area contributed by atoms with E-state index in [1.165, 1.54) is 0 Å². The second-order valence-electron chi connectivity index (χ2n) is 5.42. The van der Waals surface area contributed by atoms with Gasteiger partial charge in [-0.2, -0.15) is 13.2 Å². The molecule has 1 heterocycles. The van der Waals surface area contributed by atoms with E-state index in [0.29, 0.717) is 25.1 Å². The molecule has 7 heteroatoms. The molecule has 1 aromatic rings. The van der Waals surface area contributed by atoms with Crippen molar-refractivity contribution in [3.8, 4) is 5.75 Å². The Kier molecular flexibility index (Phi) is 5.15. The third-order valence-corrected chi connectivity index (χ3v) is 3.42. The second-order valence-corrected chi connectivity index (χ2v) is 5.42. The van der Waals surface area contributed by atoms with Gasteiger partial charge in [0.05, 0.1) is 5.69 Å². The third kappa shape index (κ3) is 5.13. The summed E-state index contributed by atoms with van der Waals surface area (Å²) in [5.41, 5.74) is 1.34. The van der Waals surface area contributed by atoms with Gasteiger partial charge in [0.15, 0.2) is 6.61 Å². The average Bonchev–Trinajstić information content (AvgIpc) is 2.63. The number of hydrogen-bond donors (Lipinski definition) is 2. The van der Waals surface area contributed by atoms with E-state index in [1.807, 2.05) is 6.07 Å². The lowest BCUT2D eigenvalue weighted by Gasteiger charge is -2.20. The number of carbonyl (C=O) groups is 1. The second kappa shape index (κ2) is 6.89. The Morgan fingerprint density at radius 3 is 2.86 bits per heavy atom. The zero-order valence-corrected chi connectivity index (χ0v) is 12.3. The van der Waals surface area contributed by atoms with Crippen molar-refractivity contribution in [1.82, 2.24) is 5.32 Å². The zero-order chi connectivity index (χ0) is 16.2. The highest BCUT2D eigenvalue weighted by Gasteiger charge is 2.29. The van der Waals surface area contributed by atoms with Crippen LogP contribution in [-0.2, 0) is 4.79 Å². The van der Waals surface area contributed by atoms with Crippen molar-refractivity contribution in [2.75, 3.05) is 18.5 Å². The Morgan fingerprint density at radius 1 is 1.36 bits per heavy atom. The number of anilines is 1. The molecule has 0 aliphatic carbocycles. The molecule has 4 nitrogen and oxygen atoms in total. The molecular formula is C15H19F3N2O2. The van der Waals surface area contributed by atoms with Gasteiger partial charge in [-0.1, -0.05) is 6.07 Å². The smallest absolute Gasteiger partial charge is 0.422 e. The van der Waals surface area contributed by atoms with Crippen LogP contribution in [0.2, 0.25) is 0 Å². The Balaban J connectivity index is 2.07. The van der Waals surface area contributed by atoms with Crippen molar-refractivity contribution in [2.45, 2.75) is 38.4 Å². The highest BCUT2D eigenvalue weighted by atomic mass is 19.4. The molecule has 1 aromatic carbocycles. The van der Waals surface area contributed by atoms with E-state index in [4.69, 9.17) is 4.74 Å². The van der Waals surface area contributed by atoms with Crippen LogP contribution >= 0.6 is 0 Å². The number of carbonyl (C=O) groups excluding carboxylic acids is 1. The van der Waals surface area contributed by atoms with Crippen LogP contribution in [0.3, 0.4) is 0 Å². The highest BCUT2D eigenvalue weighted by Crippen LogP contribution is 2.29. The van der Waals surface area contributed by atoms with Crippen LogP contribution in [0.5, 0.6) is 5.75 Å². The molecule has 0 saturated carbocycles. The maximum Gasteiger partial charge on any atom is 0.422 e. The topological polar surface area (TPSA) is 50.4 Å². The number of rotatable bonds is 4. The minimum atomic E-state index is -4.38. The standard InChI is InChI=1S/C15H19F3N2O2/c1-10-2-4-12(13(8-10)22-9-15(16,17)18)20-11-3-5-14(21)19-7-6-11/h2,4,8,11,20H,3,5-7,9H2,1H3,(H,19,21)/t11-/m0/s1. The van der Waals surface area contributed by atoms with Crippen LogP contribution in [0.25, 0.3) is 0 Å². The van der Waals surface area contributed by atoms with Gasteiger partial charge >= 0.3 is 6.18 Å². The molecule has 2 rings (SSSR count). The molecule has 0 spiro atoms. The zero-order valence-electron chi connectivity index (χ0n) is 12.3. The average molecular weight is 316 g/mol. The predicted molar refractivity (Wildman–Crippen MR) is 77.0 cm³/mol. The van der Waals surface area contributed by atoms with Crippen LogP contribution < -0.4 is 15.4 Å². The number of amides is 1. The van der Waals surface area contributed by atoms with Gasteiger partial charge in [-0.05, 0) is 37.5 Å². The van der Waals surface area contributed by atoms with E-state index < -0.39 is 12.8 Å². The number of aryl methyl sites for hydroxylation is 1. The molecule has 22 heavy (non-hydrogen) atoms. The summed E-state index contributed by atoms with van der Waals surface area (Å²) in [5.74, 6) is 0.183. The predicted octanol–water partition coefficient (Wildman–Crippen LogP) is 3.02. The molecule has 0 aromatic heterocycles. The third-order valence-electron chi connectivity index (χ3n) is 3.42. The fourth-order valence-electron chi connectivity index (χ4n) is 2.32. The first-order valence-electron chi connectivity index (χ1n) is 7.17. The molecular weight excluding hydrogens is 297 g/mol. The lowest BCUT2D eigenvalue weighted by molar-refractivity contribution is -0.153. The molecule has 1 aliphatic heterocycles. The molecule has 122 valence electrons. The fourth-order valence-corrected chi connectivity index (χ4v) is 2.32. The van der Waals surface area contributed by atoms with Crippen molar-refractivity contribution in [2.24, 2.45) is 0 Å². The van der Waals surface area contributed by atoms with Gasteiger partial charge in [-0.15, -0.1) is 0 Å². The number of ether oxygens (including phenoxy) is 1. The molecule has 1 saturated heterocycles. The molecule has 0 radical (unpaired) electrons. The SMILES string of the molecule is Cc1ccc(N[C@@H]2CCNC(=O)CC2)c(OCC(F)(F)F)c1. The molecule has 1 atom stereocenters. The first-order valence-corrected chi connectivity index (χ1v) is 7.17. The minimum Gasteiger partial charge on any atom is -0.482 e. The van der Waals surface area contributed by atoms with Gasteiger partial charge in [0.25, 0.3) is 0 Å². The van der Waals surface area contributed by atoms with Gasteiger partial charge in [-0.3, -0.25) is 4.79 Å². The van der Waals surface area contributed by atoms with Crippen LogP contribution in [-0.4, -0.2) is 31.3 Å². The summed E-state index contributed by atoms with van der Waals surface area (Å²) in [4.78, 5) is 11.3. The van der Waals surface area contributed by atoms with Gasteiger partial charge < -0.3 is 15.4 Å². The largest absolute Gasteiger partial charge is 0.482 e. The van der Waals surface area contributed by atoms with Crippen LogP contribution in [0.4, 0.5) is 18.9 Å². The number of benzene rings is 1. The summed E-state index contributed by atoms with van der Waals surface area (Å²) >= 11 is 0. The van der Waals surface area contributed by atoms with E-state index in [1.54, 1.807) is 19.1 Å². The first-order chi connectivity index (χ1) is 10.3. The van der Waals surface area contributed by atoms with E-state index >= 15 is 0 Å². The van der Waals surface area contributed by atoms with Crippen molar-refractivity contribution in [1.29, 1.82) is 0 Å². The summed E-state index contributed by atoms with van der Waals surface area (Å²) in [5, 5.41) is 5.96. The van der Waals surface area contributed by atoms with Crippen LogP contribution in [0.15, 0.2) is 18.2 Å². The van der Waals surface area contributed by atoms with Crippen molar-refractivity contribution < 1.29 is 22.7 Å². The Bertz CT molecular complexity index is 532. The maximum atomic E-state index is 12.3. The van der Waals surface area contributed by atoms with Gasteiger partial charge in [0, 0.05) is 19.0 Å². The highest BCUT2D eigenvalue weighted by molar-refractivity contribution is 5.76. The lowest BCUT2D eigenvalue weighted by atomic mass is 10.1. The number of alkyl halides is 3. The van der Waals surface area contributed by atoms with Crippen LogP contribution in [0.1, 0.15) is 24.8 Å². The summed E-state index contributed by atoms with van der Waals surface area (Å²) in [6, 6.07) is 5.12. The minimum absolute atomic E-state index is 0.00162. The first kappa shape index (κ1) is 16.5. The summed E-state index contributed by atoms with van der Waals surface area (Å²) in [6.45, 7) is 1.02. The maximum absolute atomic E-state index is 12.3. The van der Waals surface area contributed by atoms with E-state index in [9.17, 15) is 18.0 Å². The van der Waals surface area contributed by atoms with E-state index in [2.05, 4.69) is 10.6 Å². The van der Waals surface area contributed by atoms with Gasteiger partial charge in [-0.25, -0.2) is 0 Å². The fraction of sp³-hybridized carbons (Fsp3) is 0.533. The molecule has 0 bridgehead atoms. The van der Waals surface area contributed by atoms with Crippen molar-refractivity contribution >= 4 is 11.6 Å². The number of hydrogen-bond acceptors (Lipinski definition) is 3.